The van der Waals surface area contributed by atoms with Crippen LogP contribution < -0.4 is 0 Å². The Balaban J connectivity index is 2.78. The highest BCUT2D eigenvalue weighted by atomic mass is 79.9. The molecule has 0 fully saturated rings. The standard InChI is InChI=1S/C10H10BrClO/c11-6-9(7-12)10(13)8-4-2-1-3-5-8/h1-5,9H,6-7H2. The molecule has 0 heterocycles. The first-order valence-corrected chi connectivity index (χ1v) is 5.66. The molecule has 0 bridgehead atoms. The van der Waals surface area contributed by atoms with E-state index in [0.29, 0.717) is 11.2 Å². The Kier molecular flexibility index (Phi) is 4.46. The van der Waals surface area contributed by atoms with E-state index in [0.717, 1.165) is 5.56 Å². The summed E-state index contributed by atoms with van der Waals surface area (Å²) in [5, 5.41) is 0.615. The van der Waals surface area contributed by atoms with E-state index in [2.05, 4.69) is 15.9 Å². The molecule has 1 aromatic rings. The molecule has 0 spiro atoms. The van der Waals surface area contributed by atoms with Gasteiger partial charge in [-0.15, -0.1) is 11.6 Å². The second-order valence-corrected chi connectivity index (χ2v) is 3.69. The Hall–Kier alpha value is -0.340. The van der Waals surface area contributed by atoms with Crippen LogP contribution in [0.25, 0.3) is 0 Å². The van der Waals surface area contributed by atoms with Crippen LogP contribution in [0, 0.1) is 5.92 Å². The van der Waals surface area contributed by atoms with Gasteiger partial charge in [-0.05, 0) is 0 Å². The van der Waals surface area contributed by atoms with E-state index >= 15 is 0 Å². The van der Waals surface area contributed by atoms with Crippen molar-refractivity contribution in [2.45, 2.75) is 0 Å². The third-order valence-electron chi connectivity index (χ3n) is 1.80. The maximum Gasteiger partial charge on any atom is 0.167 e. The predicted molar refractivity (Wildman–Crippen MR) is 58.8 cm³/mol. The van der Waals surface area contributed by atoms with Crippen LogP contribution in [0.2, 0.25) is 0 Å². The molecule has 0 amide bonds. The van der Waals surface area contributed by atoms with Crippen LogP contribution >= 0.6 is 27.5 Å². The number of hydrogen-bond donors (Lipinski definition) is 0. The van der Waals surface area contributed by atoms with Crippen molar-refractivity contribution in [3.05, 3.63) is 35.9 Å². The van der Waals surface area contributed by atoms with Crippen molar-refractivity contribution in [1.82, 2.24) is 0 Å². The van der Waals surface area contributed by atoms with E-state index in [9.17, 15) is 4.79 Å². The highest BCUT2D eigenvalue weighted by Gasteiger charge is 2.16. The summed E-state index contributed by atoms with van der Waals surface area (Å²) in [6.07, 6.45) is 0. The number of alkyl halides is 2. The van der Waals surface area contributed by atoms with Crippen LogP contribution in [0.5, 0.6) is 0 Å². The average molecular weight is 262 g/mol. The number of Topliss-reactive ketones (excluding diaryl/α,β-unsaturated/α-hetero) is 1. The van der Waals surface area contributed by atoms with Crippen LogP contribution in [0.3, 0.4) is 0 Å². The fourth-order valence-corrected chi connectivity index (χ4v) is 2.06. The number of benzene rings is 1. The smallest absolute Gasteiger partial charge is 0.167 e. The summed E-state index contributed by atoms with van der Waals surface area (Å²) in [6.45, 7) is 0. The number of carbonyl (C=O) groups excluding carboxylic acids is 1. The van der Waals surface area contributed by atoms with Crippen molar-refractivity contribution in [2.24, 2.45) is 5.92 Å². The average Bonchev–Trinajstić information content (AvgIpc) is 2.21. The predicted octanol–water partition coefficient (Wildman–Crippen LogP) is 3.12. The van der Waals surface area contributed by atoms with E-state index < -0.39 is 0 Å². The lowest BCUT2D eigenvalue weighted by molar-refractivity contribution is 0.0944. The fourth-order valence-electron chi connectivity index (χ4n) is 1.02. The molecule has 1 nitrogen and oxygen atoms in total. The molecule has 70 valence electrons. The zero-order chi connectivity index (χ0) is 9.68. The Morgan fingerprint density at radius 3 is 2.46 bits per heavy atom. The van der Waals surface area contributed by atoms with Gasteiger partial charge < -0.3 is 0 Å². The van der Waals surface area contributed by atoms with Crippen molar-refractivity contribution in [1.29, 1.82) is 0 Å². The normalized spacial score (nSPS) is 12.5. The second kappa shape index (κ2) is 5.40. The summed E-state index contributed by atoms with van der Waals surface area (Å²) >= 11 is 8.93. The molecule has 0 aliphatic rings. The molecule has 0 saturated heterocycles. The Morgan fingerprint density at radius 2 is 2.00 bits per heavy atom. The first-order valence-electron chi connectivity index (χ1n) is 4.00. The molecular weight excluding hydrogens is 251 g/mol. The highest BCUT2D eigenvalue weighted by molar-refractivity contribution is 9.09. The molecule has 0 radical (unpaired) electrons. The minimum absolute atomic E-state index is 0.104. The van der Waals surface area contributed by atoms with Crippen molar-refractivity contribution < 1.29 is 4.79 Å². The fraction of sp³-hybridized carbons (Fsp3) is 0.300. The van der Waals surface area contributed by atoms with Gasteiger partial charge in [0.15, 0.2) is 5.78 Å². The van der Waals surface area contributed by atoms with Gasteiger partial charge in [-0.1, -0.05) is 46.3 Å². The van der Waals surface area contributed by atoms with Crippen LogP contribution in [-0.4, -0.2) is 17.0 Å². The molecule has 0 saturated carbocycles. The van der Waals surface area contributed by atoms with Crippen molar-refractivity contribution in [3.63, 3.8) is 0 Å². The van der Waals surface area contributed by atoms with E-state index in [-0.39, 0.29) is 11.7 Å². The molecule has 1 atom stereocenters. The maximum absolute atomic E-state index is 11.7. The van der Waals surface area contributed by atoms with E-state index in [4.69, 9.17) is 11.6 Å². The van der Waals surface area contributed by atoms with E-state index in [1.165, 1.54) is 0 Å². The van der Waals surface area contributed by atoms with Gasteiger partial charge in [0, 0.05) is 22.7 Å². The van der Waals surface area contributed by atoms with Gasteiger partial charge in [-0.3, -0.25) is 4.79 Å². The number of hydrogen-bond acceptors (Lipinski definition) is 1. The first kappa shape index (κ1) is 10.7. The highest BCUT2D eigenvalue weighted by Crippen LogP contribution is 2.12. The zero-order valence-electron chi connectivity index (χ0n) is 7.04. The van der Waals surface area contributed by atoms with E-state index in [1.54, 1.807) is 0 Å². The Labute approximate surface area is 91.2 Å². The lowest BCUT2D eigenvalue weighted by atomic mass is 10.0. The van der Waals surface area contributed by atoms with Gasteiger partial charge in [0.25, 0.3) is 0 Å². The van der Waals surface area contributed by atoms with Gasteiger partial charge in [0.05, 0.1) is 0 Å². The monoisotopic (exact) mass is 260 g/mol. The van der Waals surface area contributed by atoms with Gasteiger partial charge in [-0.25, -0.2) is 0 Å². The summed E-state index contributed by atoms with van der Waals surface area (Å²) < 4.78 is 0. The summed E-state index contributed by atoms with van der Waals surface area (Å²) in [4.78, 5) is 11.7. The second-order valence-electron chi connectivity index (χ2n) is 2.74. The topological polar surface area (TPSA) is 17.1 Å². The quantitative estimate of drug-likeness (QED) is 0.601. The molecular formula is C10H10BrClO. The lowest BCUT2D eigenvalue weighted by Gasteiger charge is -2.08. The summed E-state index contributed by atoms with van der Waals surface area (Å²) in [5.74, 6) is 0.343. The molecule has 0 N–H and O–H groups in total. The zero-order valence-corrected chi connectivity index (χ0v) is 9.38. The molecule has 1 aromatic carbocycles. The summed E-state index contributed by atoms with van der Waals surface area (Å²) in [7, 11) is 0. The van der Waals surface area contributed by atoms with Crippen LogP contribution in [0.15, 0.2) is 30.3 Å². The Bertz CT molecular complexity index is 270. The molecule has 1 rings (SSSR count). The summed E-state index contributed by atoms with van der Waals surface area (Å²) in [6, 6.07) is 9.22. The van der Waals surface area contributed by atoms with Crippen LogP contribution in [-0.2, 0) is 0 Å². The number of rotatable bonds is 4. The third kappa shape index (κ3) is 2.82. The SMILES string of the molecule is O=C(c1ccccc1)C(CCl)CBr. The molecule has 3 heteroatoms. The first-order chi connectivity index (χ1) is 6.29. The van der Waals surface area contributed by atoms with Gasteiger partial charge >= 0.3 is 0 Å². The largest absolute Gasteiger partial charge is 0.294 e. The third-order valence-corrected chi connectivity index (χ3v) is 2.96. The van der Waals surface area contributed by atoms with Gasteiger partial charge in [0.1, 0.15) is 0 Å². The van der Waals surface area contributed by atoms with Gasteiger partial charge in [-0.2, -0.15) is 0 Å². The number of carbonyl (C=O) groups is 1. The molecule has 0 aromatic heterocycles. The van der Waals surface area contributed by atoms with Crippen molar-refractivity contribution in [3.8, 4) is 0 Å². The minimum atomic E-state index is -0.121. The molecule has 0 aliphatic heterocycles. The summed E-state index contributed by atoms with van der Waals surface area (Å²) in [5.41, 5.74) is 0.729. The minimum Gasteiger partial charge on any atom is -0.294 e. The number of halogens is 2. The number of ketones is 1. The van der Waals surface area contributed by atoms with Gasteiger partial charge in [0.2, 0.25) is 0 Å². The van der Waals surface area contributed by atoms with E-state index in [1.807, 2.05) is 30.3 Å². The van der Waals surface area contributed by atoms with Crippen LogP contribution in [0.4, 0.5) is 0 Å². The van der Waals surface area contributed by atoms with Crippen molar-refractivity contribution in [2.75, 3.05) is 11.2 Å². The van der Waals surface area contributed by atoms with Crippen LogP contribution in [0.1, 0.15) is 10.4 Å². The Morgan fingerprint density at radius 1 is 1.38 bits per heavy atom. The maximum atomic E-state index is 11.7. The lowest BCUT2D eigenvalue weighted by Crippen LogP contribution is -2.17. The molecule has 1 unspecified atom stereocenters. The van der Waals surface area contributed by atoms with Crippen molar-refractivity contribution >= 4 is 33.3 Å². The molecule has 0 aliphatic carbocycles. The molecule has 13 heavy (non-hydrogen) atoms.